The van der Waals surface area contributed by atoms with Crippen LogP contribution in [0, 0.1) is 6.92 Å². The molecule has 7 nitrogen and oxygen atoms in total. The van der Waals surface area contributed by atoms with Crippen LogP contribution in [0.3, 0.4) is 0 Å². The van der Waals surface area contributed by atoms with Gasteiger partial charge in [0.25, 0.3) is 0 Å². The lowest BCUT2D eigenvalue weighted by Gasteiger charge is -2.23. The lowest BCUT2D eigenvalue weighted by molar-refractivity contribution is -0.118. The van der Waals surface area contributed by atoms with Gasteiger partial charge in [0, 0.05) is 6.61 Å². The fourth-order valence-corrected chi connectivity index (χ4v) is 6.13. The summed E-state index contributed by atoms with van der Waals surface area (Å²) in [6, 6.07) is 10.5. The Labute approximate surface area is 204 Å². The highest BCUT2D eigenvalue weighted by molar-refractivity contribution is 7.92. The first kappa shape index (κ1) is 24.6. The Balaban J connectivity index is 1.63. The molecule has 182 valence electrons. The Bertz CT molecular complexity index is 1280. The van der Waals surface area contributed by atoms with Crippen LogP contribution >= 0.6 is 11.3 Å². The lowest BCUT2D eigenvalue weighted by Crippen LogP contribution is -2.38. The Morgan fingerprint density at radius 3 is 2.59 bits per heavy atom. The van der Waals surface area contributed by atoms with Crippen molar-refractivity contribution in [2.45, 2.75) is 56.3 Å². The molecular formula is C25H30N2O5S2. The third-order valence-electron chi connectivity index (χ3n) is 6.08. The van der Waals surface area contributed by atoms with Gasteiger partial charge < -0.3 is 9.47 Å². The van der Waals surface area contributed by atoms with Crippen molar-refractivity contribution in [1.29, 1.82) is 0 Å². The molecule has 34 heavy (non-hydrogen) atoms. The molecule has 1 amide bonds. The van der Waals surface area contributed by atoms with Gasteiger partial charge in [0.05, 0.1) is 41.0 Å². The molecule has 1 aliphatic heterocycles. The van der Waals surface area contributed by atoms with E-state index in [1.54, 1.807) is 50.1 Å². The van der Waals surface area contributed by atoms with Crippen LogP contribution in [0.5, 0.6) is 5.75 Å². The number of nitrogens with zero attached hydrogens (tertiary/aromatic N) is 2. The molecule has 0 N–H and O–H groups in total. The van der Waals surface area contributed by atoms with Gasteiger partial charge >= 0.3 is 0 Å². The van der Waals surface area contributed by atoms with Crippen LogP contribution in [0.15, 0.2) is 41.3 Å². The lowest BCUT2D eigenvalue weighted by atomic mass is 10.1. The van der Waals surface area contributed by atoms with Crippen molar-refractivity contribution in [2.24, 2.45) is 0 Å². The van der Waals surface area contributed by atoms with E-state index in [1.807, 2.05) is 19.1 Å². The molecule has 0 aliphatic carbocycles. The molecule has 0 radical (unpaired) electrons. The number of anilines is 1. The molecule has 2 heterocycles. The summed E-state index contributed by atoms with van der Waals surface area (Å²) in [5.74, 6) is 0.570. The van der Waals surface area contributed by atoms with E-state index in [9.17, 15) is 13.2 Å². The molecule has 0 bridgehead atoms. The maximum atomic E-state index is 13.5. The van der Waals surface area contributed by atoms with Crippen molar-refractivity contribution in [2.75, 3.05) is 25.2 Å². The van der Waals surface area contributed by atoms with E-state index in [0.717, 1.165) is 34.2 Å². The zero-order valence-corrected chi connectivity index (χ0v) is 21.5. The number of rotatable bonds is 8. The van der Waals surface area contributed by atoms with E-state index in [4.69, 9.17) is 14.5 Å². The van der Waals surface area contributed by atoms with Crippen molar-refractivity contribution >= 4 is 42.4 Å². The predicted octanol–water partition coefficient (Wildman–Crippen LogP) is 4.55. The number of aryl methyl sites for hydroxylation is 1. The van der Waals surface area contributed by atoms with E-state index in [2.05, 4.69) is 0 Å². The third kappa shape index (κ3) is 4.96. The number of hydrogen-bond acceptors (Lipinski definition) is 7. The average Bonchev–Trinajstić information content (AvgIpc) is 3.48. The minimum absolute atomic E-state index is 0.0301. The van der Waals surface area contributed by atoms with Gasteiger partial charge in [-0.15, -0.1) is 0 Å². The van der Waals surface area contributed by atoms with E-state index >= 15 is 0 Å². The van der Waals surface area contributed by atoms with E-state index < -0.39 is 15.1 Å². The summed E-state index contributed by atoms with van der Waals surface area (Å²) >= 11 is 1.47. The van der Waals surface area contributed by atoms with Crippen LogP contribution in [-0.4, -0.2) is 50.9 Å². The standard InChI is InChI=1S/C25H30N2O5S2/c1-16(2)34(29,30)20-10-8-18(9-11-20)14-22(28)27(15-19-6-5-13-32-19)25-26-23-21(31-4)12-7-17(3)24(23)33-25/h7-12,16,19H,5-6,13-15H2,1-4H3. The Morgan fingerprint density at radius 1 is 1.24 bits per heavy atom. The molecule has 1 aromatic heterocycles. The number of ether oxygens (including phenoxy) is 2. The summed E-state index contributed by atoms with van der Waals surface area (Å²) in [6.07, 6.45) is 1.99. The number of hydrogen-bond donors (Lipinski definition) is 0. The second-order valence-electron chi connectivity index (χ2n) is 8.81. The molecule has 0 spiro atoms. The van der Waals surface area contributed by atoms with E-state index in [0.29, 0.717) is 24.0 Å². The molecule has 9 heteroatoms. The number of amides is 1. The van der Waals surface area contributed by atoms with Gasteiger partial charge in [-0.05, 0) is 62.9 Å². The van der Waals surface area contributed by atoms with Crippen molar-refractivity contribution in [3.63, 3.8) is 0 Å². The topological polar surface area (TPSA) is 85.8 Å². The zero-order valence-electron chi connectivity index (χ0n) is 19.9. The first-order valence-electron chi connectivity index (χ1n) is 11.4. The fourth-order valence-electron chi connectivity index (χ4n) is 4.00. The number of aromatic nitrogens is 1. The highest BCUT2D eigenvalue weighted by atomic mass is 32.2. The monoisotopic (exact) mass is 502 g/mol. The highest BCUT2D eigenvalue weighted by Gasteiger charge is 2.27. The van der Waals surface area contributed by atoms with Gasteiger partial charge in [-0.25, -0.2) is 13.4 Å². The van der Waals surface area contributed by atoms with Crippen LogP contribution in [0.25, 0.3) is 10.2 Å². The number of methoxy groups -OCH3 is 1. The first-order chi connectivity index (χ1) is 16.2. The second-order valence-corrected chi connectivity index (χ2v) is 12.3. The first-order valence-corrected chi connectivity index (χ1v) is 13.8. The molecule has 0 saturated carbocycles. The van der Waals surface area contributed by atoms with E-state index in [1.165, 1.54) is 11.3 Å². The van der Waals surface area contributed by atoms with Crippen molar-refractivity contribution < 1.29 is 22.7 Å². The second kappa shape index (κ2) is 10.0. The fraction of sp³-hybridized carbons (Fsp3) is 0.440. The zero-order chi connectivity index (χ0) is 24.5. The van der Waals surface area contributed by atoms with E-state index in [-0.39, 0.29) is 23.3 Å². The minimum Gasteiger partial charge on any atom is -0.494 e. The predicted molar refractivity (Wildman–Crippen MR) is 135 cm³/mol. The largest absolute Gasteiger partial charge is 0.494 e. The Morgan fingerprint density at radius 2 is 1.97 bits per heavy atom. The maximum Gasteiger partial charge on any atom is 0.233 e. The van der Waals surface area contributed by atoms with Crippen LogP contribution in [0.2, 0.25) is 0 Å². The van der Waals surface area contributed by atoms with Gasteiger partial charge in [-0.2, -0.15) is 0 Å². The summed E-state index contributed by atoms with van der Waals surface area (Å²) in [5.41, 5.74) is 2.57. The maximum absolute atomic E-state index is 13.5. The molecule has 1 saturated heterocycles. The SMILES string of the molecule is COc1ccc(C)c2sc(N(CC3CCCO3)C(=O)Cc3ccc(S(=O)(=O)C(C)C)cc3)nc12. The third-order valence-corrected chi connectivity index (χ3v) is 9.47. The van der Waals surface area contributed by atoms with Crippen LogP contribution in [0.4, 0.5) is 5.13 Å². The Hall–Kier alpha value is -2.49. The Kier molecular flexibility index (Phi) is 7.25. The molecule has 2 aromatic carbocycles. The molecular weight excluding hydrogens is 472 g/mol. The summed E-state index contributed by atoms with van der Waals surface area (Å²) < 4.78 is 37.1. The highest BCUT2D eigenvalue weighted by Crippen LogP contribution is 2.37. The molecule has 4 rings (SSSR count). The molecule has 1 atom stereocenters. The van der Waals surface area contributed by atoms with Gasteiger partial charge in [-0.1, -0.05) is 29.5 Å². The van der Waals surface area contributed by atoms with Gasteiger partial charge in [0.15, 0.2) is 15.0 Å². The van der Waals surface area contributed by atoms with Crippen LogP contribution in [-0.2, 0) is 25.8 Å². The van der Waals surface area contributed by atoms with Crippen molar-refractivity contribution in [1.82, 2.24) is 4.98 Å². The quantitative estimate of drug-likeness (QED) is 0.449. The van der Waals surface area contributed by atoms with Crippen LogP contribution in [0.1, 0.15) is 37.8 Å². The number of sulfone groups is 1. The van der Waals surface area contributed by atoms with Crippen molar-refractivity contribution in [3.8, 4) is 5.75 Å². The molecule has 1 unspecified atom stereocenters. The average molecular weight is 503 g/mol. The van der Waals surface area contributed by atoms with Gasteiger partial charge in [0.2, 0.25) is 5.91 Å². The summed E-state index contributed by atoms with van der Waals surface area (Å²) in [7, 11) is -1.74. The number of fused-ring (bicyclic) bond motifs is 1. The number of carbonyl (C=O) groups excluding carboxylic acids is 1. The molecule has 1 aliphatic rings. The van der Waals surface area contributed by atoms with Crippen LogP contribution < -0.4 is 9.64 Å². The summed E-state index contributed by atoms with van der Waals surface area (Å²) in [6.45, 7) is 6.46. The van der Waals surface area contributed by atoms with Crippen molar-refractivity contribution in [3.05, 3.63) is 47.5 Å². The number of carbonyl (C=O) groups is 1. The van der Waals surface area contributed by atoms with Gasteiger partial charge in [-0.3, -0.25) is 9.69 Å². The molecule has 3 aromatic rings. The minimum atomic E-state index is -3.35. The number of benzene rings is 2. The summed E-state index contributed by atoms with van der Waals surface area (Å²) in [5, 5.41) is 0.114. The smallest absolute Gasteiger partial charge is 0.233 e. The normalized spacial score (nSPS) is 16.3. The van der Waals surface area contributed by atoms with Gasteiger partial charge in [0.1, 0.15) is 11.3 Å². The number of thiazole rings is 1. The summed E-state index contributed by atoms with van der Waals surface area (Å²) in [4.78, 5) is 20.2. The molecule has 1 fully saturated rings.